The molecular formula is C37H62N2O29. The summed E-state index contributed by atoms with van der Waals surface area (Å²) in [6.45, 7) is -3.16. The van der Waals surface area contributed by atoms with Crippen LogP contribution in [0.15, 0.2) is 0 Å². The van der Waals surface area contributed by atoms with E-state index in [1.165, 1.54) is 0 Å². The van der Waals surface area contributed by atoms with Crippen molar-refractivity contribution in [1.29, 1.82) is 0 Å². The zero-order chi connectivity index (χ0) is 50.7. The highest BCUT2D eigenvalue weighted by molar-refractivity contribution is 5.76. The molecule has 0 aromatic heterocycles. The van der Waals surface area contributed by atoms with Crippen molar-refractivity contribution in [3.8, 4) is 0 Å². The lowest BCUT2D eigenvalue weighted by Crippen LogP contribution is -2.70. The van der Waals surface area contributed by atoms with Gasteiger partial charge in [0.2, 0.25) is 11.8 Å². The third-order valence-corrected chi connectivity index (χ3v) is 12.1. The summed E-state index contributed by atoms with van der Waals surface area (Å²) < 4.78 is 50.5. The van der Waals surface area contributed by atoms with Gasteiger partial charge in [-0.3, -0.25) is 9.59 Å². The van der Waals surface area contributed by atoms with Crippen LogP contribution < -0.4 is 10.6 Å². The molecule has 0 bridgehead atoms. The standard InChI is InChI=1S/C37H62N2O29/c1-9(44)38-17-11(46)3-37(36(58)59,68-30(17)19(48)12(47)4-40)60-8-16-20(49)23(52)26(55)34(64-16)66-29-18(39-10(2)45)33(62-13(5-41)21(29)50)67-31-22(51)14(6-42)63-35(27(31)56)65-28-15(7-43)61-32(57)25(54)24(28)53/h11-35,40-43,46-57H,3-8H2,1-2H3,(H,38,44)(H,39,45)(H,58,59)/t11-,12+,13+,14+,15+,16+,17+,18-,19+,20-,21+,22-,23-,24+,25+,26+,27+,28-,29+,30+,31-,32+,33-,34-,35-,37+/m0/s1. The molecule has 5 fully saturated rings. The summed E-state index contributed by atoms with van der Waals surface area (Å²) in [6, 6.07) is -3.40. The molecule has 5 aliphatic heterocycles. The minimum Gasteiger partial charge on any atom is -0.477 e. The monoisotopic (exact) mass is 998 g/mol. The van der Waals surface area contributed by atoms with Gasteiger partial charge in [-0.1, -0.05) is 0 Å². The molecule has 31 nitrogen and oxygen atoms in total. The largest absolute Gasteiger partial charge is 0.477 e. The average Bonchev–Trinajstić information content (AvgIpc) is 3.29. The van der Waals surface area contributed by atoms with Crippen LogP contribution in [0.1, 0.15) is 20.3 Å². The van der Waals surface area contributed by atoms with Crippen molar-refractivity contribution >= 4 is 17.8 Å². The summed E-state index contributed by atoms with van der Waals surface area (Å²) >= 11 is 0. The van der Waals surface area contributed by atoms with Crippen LogP contribution in [0, 0.1) is 0 Å². The van der Waals surface area contributed by atoms with E-state index in [1.54, 1.807) is 0 Å². The summed E-state index contributed by atoms with van der Waals surface area (Å²) in [5, 5.41) is 184. The molecule has 0 unspecified atom stereocenters. The molecule has 31 heteroatoms. The number of aliphatic carboxylic acids is 1. The SMILES string of the molecule is CC(=O)N[C@@H]1[C@H](O[C@H]2[C@@H](O)[C@@H](CO)O[C@@H](O[C@@H]3[C@H](O)[C@@H](O)[C@H](O)O[C@@H]3CO)[C@@H]2O)O[C@H](CO)[C@@H](O)[C@@H]1O[C@@H]1O[C@H](CO[C@]2(C(=O)O)C[C@H](O)[C@@H](NC(C)=O)[C@H]([C@H](O)[C@H](O)CO)O2)[C@H](O)[C@H](O)[C@H]1O. The van der Waals surface area contributed by atoms with Crippen molar-refractivity contribution < 1.29 is 144 Å². The highest BCUT2D eigenvalue weighted by Gasteiger charge is 2.59. The van der Waals surface area contributed by atoms with E-state index in [-0.39, 0.29) is 0 Å². The molecule has 68 heavy (non-hydrogen) atoms. The summed E-state index contributed by atoms with van der Waals surface area (Å²) in [5.74, 6) is -6.62. The number of carbonyl (C=O) groups is 3. The molecule has 0 saturated carbocycles. The van der Waals surface area contributed by atoms with Gasteiger partial charge >= 0.3 is 5.97 Å². The summed E-state index contributed by atoms with van der Waals surface area (Å²) in [7, 11) is 0. The average molecular weight is 999 g/mol. The number of carboxylic acids is 1. The molecule has 0 spiro atoms. The van der Waals surface area contributed by atoms with Gasteiger partial charge in [0.25, 0.3) is 5.79 Å². The minimum atomic E-state index is -2.98. The summed E-state index contributed by atoms with van der Waals surface area (Å²) in [4.78, 5) is 37.3. The first-order valence-corrected chi connectivity index (χ1v) is 21.2. The normalized spacial score (nSPS) is 46.6. The smallest absolute Gasteiger partial charge is 0.364 e. The van der Waals surface area contributed by atoms with E-state index >= 15 is 0 Å². The fourth-order valence-electron chi connectivity index (χ4n) is 8.42. The lowest BCUT2D eigenvalue weighted by Gasteiger charge is -2.50. The fraction of sp³-hybridized carbons (Fsp3) is 0.919. The van der Waals surface area contributed by atoms with E-state index < -0.39 is 216 Å². The predicted octanol–water partition coefficient (Wildman–Crippen LogP) is -12.4. The second-order valence-electron chi connectivity index (χ2n) is 16.9. The number of carbonyl (C=O) groups excluding carboxylic acids is 2. The lowest BCUT2D eigenvalue weighted by molar-refractivity contribution is -0.381. The second-order valence-corrected chi connectivity index (χ2v) is 16.9. The lowest BCUT2D eigenvalue weighted by atomic mass is 9.88. The number of carboxylic acid groups (broad SMARTS) is 1. The Morgan fingerprint density at radius 2 is 1.10 bits per heavy atom. The molecule has 0 aromatic carbocycles. The topological polar surface area (TPSA) is 502 Å². The van der Waals surface area contributed by atoms with Gasteiger partial charge in [-0.2, -0.15) is 0 Å². The molecule has 0 aromatic rings. The second kappa shape index (κ2) is 23.8. The predicted molar refractivity (Wildman–Crippen MR) is 207 cm³/mol. The van der Waals surface area contributed by atoms with Crippen LogP contribution in [-0.4, -0.2) is 297 Å². The van der Waals surface area contributed by atoms with Crippen molar-refractivity contribution in [3.05, 3.63) is 0 Å². The van der Waals surface area contributed by atoms with Gasteiger partial charge in [0.15, 0.2) is 25.2 Å². The van der Waals surface area contributed by atoms with Gasteiger partial charge in [-0.05, 0) is 0 Å². The van der Waals surface area contributed by atoms with Crippen LogP contribution in [0.5, 0.6) is 0 Å². The Morgan fingerprint density at radius 3 is 1.66 bits per heavy atom. The highest BCUT2D eigenvalue weighted by Crippen LogP contribution is 2.37. The molecule has 394 valence electrons. The quantitative estimate of drug-likeness (QED) is 0.0606. The third-order valence-electron chi connectivity index (χ3n) is 12.1. The highest BCUT2D eigenvalue weighted by atomic mass is 16.8. The Balaban J connectivity index is 1.39. The van der Waals surface area contributed by atoms with E-state index in [0.717, 1.165) is 13.8 Å². The maximum absolute atomic E-state index is 12.7. The number of aliphatic hydroxyl groups excluding tert-OH is 16. The minimum absolute atomic E-state index is 0.782. The maximum Gasteiger partial charge on any atom is 0.364 e. The molecule has 0 aliphatic carbocycles. The molecule has 2 amide bonds. The zero-order valence-corrected chi connectivity index (χ0v) is 36.2. The number of amides is 2. The van der Waals surface area contributed by atoms with Gasteiger partial charge in [0, 0.05) is 20.3 Å². The number of hydrogen-bond acceptors (Lipinski definition) is 28. The van der Waals surface area contributed by atoms with Gasteiger partial charge in [0.1, 0.15) is 116 Å². The van der Waals surface area contributed by atoms with Crippen LogP contribution in [0.25, 0.3) is 0 Å². The first-order valence-electron chi connectivity index (χ1n) is 21.2. The maximum atomic E-state index is 12.7. The van der Waals surface area contributed by atoms with E-state index in [4.69, 9.17) is 42.6 Å². The first-order chi connectivity index (χ1) is 31.9. The van der Waals surface area contributed by atoms with E-state index in [1.807, 2.05) is 0 Å². The van der Waals surface area contributed by atoms with Crippen molar-refractivity contribution in [2.45, 2.75) is 179 Å². The van der Waals surface area contributed by atoms with Crippen molar-refractivity contribution in [3.63, 3.8) is 0 Å². The van der Waals surface area contributed by atoms with Gasteiger partial charge < -0.3 is 140 Å². The molecule has 5 rings (SSSR count). The Hall–Kier alpha value is -2.59. The van der Waals surface area contributed by atoms with Crippen LogP contribution in [0.4, 0.5) is 0 Å². The Bertz CT molecular complexity index is 1660. The molecule has 5 saturated heterocycles. The van der Waals surface area contributed by atoms with Crippen LogP contribution in [0.3, 0.4) is 0 Å². The number of hydrogen-bond donors (Lipinski definition) is 19. The summed E-state index contributed by atoms with van der Waals surface area (Å²) in [6.07, 6.45) is -46.5. The number of aliphatic hydroxyl groups is 16. The molecule has 5 heterocycles. The van der Waals surface area contributed by atoms with Crippen LogP contribution >= 0.6 is 0 Å². The third kappa shape index (κ3) is 12.0. The Labute approximate surface area is 384 Å². The zero-order valence-electron chi connectivity index (χ0n) is 36.2. The number of ether oxygens (including phenoxy) is 9. The van der Waals surface area contributed by atoms with Crippen LogP contribution in [0.2, 0.25) is 0 Å². The number of nitrogens with one attached hydrogen (secondary N) is 2. The summed E-state index contributed by atoms with van der Waals surface area (Å²) in [5.41, 5.74) is 0. The Morgan fingerprint density at radius 1 is 0.588 bits per heavy atom. The van der Waals surface area contributed by atoms with E-state index in [9.17, 15) is 101 Å². The molecule has 19 N–H and O–H groups in total. The molecule has 5 aliphatic rings. The first kappa shape index (κ1) is 56.3. The van der Waals surface area contributed by atoms with Crippen LogP contribution in [-0.2, 0) is 57.0 Å². The van der Waals surface area contributed by atoms with Crippen molar-refractivity contribution in [1.82, 2.24) is 10.6 Å². The molecular weight excluding hydrogens is 936 g/mol. The van der Waals surface area contributed by atoms with E-state index in [0.29, 0.717) is 0 Å². The molecule has 0 radical (unpaired) electrons. The Kier molecular flexibility index (Phi) is 19.7. The van der Waals surface area contributed by atoms with Gasteiger partial charge in [0.05, 0.1) is 45.2 Å². The molecule has 26 atom stereocenters. The van der Waals surface area contributed by atoms with Gasteiger partial charge in [-0.25, -0.2) is 4.79 Å². The number of rotatable bonds is 18. The van der Waals surface area contributed by atoms with Crippen molar-refractivity contribution in [2.24, 2.45) is 0 Å². The van der Waals surface area contributed by atoms with Gasteiger partial charge in [-0.15, -0.1) is 0 Å². The fourth-order valence-corrected chi connectivity index (χ4v) is 8.42. The van der Waals surface area contributed by atoms with E-state index in [2.05, 4.69) is 10.6 Å². The van der Waals surface area contributed by atoms with Crippen molar-refractivity contribution in [2.75, 3.05) is 33.0 Å².